The third-order valence-electron chi connectivity index (χ3n) is 4.15. The second kappa shape index (κ2) is 4.96. The van der Waals surface area contributed by atoms with Crippen molar-refractivity contribution in [3.63, 3.8) is 0 Å². The zero-order valence-corrected chi connectivity index (χ0v) is 11.7. The Morgan fingerprint density at radius 1 is 1.26 bits per heavy atom. The zero-order chi connectivity index (χ0) is 13.4. The Labute approximate surface area is 114 Å². The molecule has 2 aliphatic rings. The van der Waals surface area contributed by atoms with Gasteiger partial charge in [0.05, 0.1) is 0 Å². The third-order valence-corrected chi connectivity index (χ3v) is 4.15. The van der Waals surface area contributed by atoms with Gasteiger partial charge < -0.3 is 10.7 Å². The van der Waals surface area contributed by atoms with Crippen LogP contribution in [-0.2, 0) is 0 Å². The van der Waals surface area contributed by atoms with Crippen LogP contribution in [0.3, 0.4) is 0 Å². The van der Waals surface area contributed by atoms with E-state index in [4.69, 9.17) is 10.8 Å². The number of nitrogens with zero attached hydrogens (tertiary/aromatic N) is 2. The lowest BCUT2D eigenvalue weighted by molar-refractivity contribution is 0.691. The minimum Gasteiger partial charge on any atom is -0.367 e. The first-order valence-electron chi connectivity index (χ1n) is 7.34. The molecule has 19 heavy (non-hydrogen) atoms. The molecule has 2 saturated carbocycles. The minimum atomic E-state index is 0.541. The van der Waals surface area contributed by atoms with Crippen molar-refractivity contribution in [2.45, 2.75) is 57.9 Å². The van der Waals surface area contributed by atoms with E-state index in [2.05, 4.69) is 22.7 Å². The van der Waals surface area contributed by atoms with Gasteiger partial charge >= 0.3 is 0 Å². The molecule has 2 atom stereocenters. The zero-order valence-electron chi connectivity index (χ0n) is 11.7. The molecule has 0 radical (unpaired) electrons. The summed E-state index contributed by atoms with van der Waals surface area (Å²) in [4.78, 5) is 9.21. The van der Waals surface area contributed by atoms with Crippen molar-refractivity contribution in [3.05, 3.63) is 11.4 Å². The van der Waals surface area contributed by atoms with Crippen LogP contribution in [0.5, 0.6) is 0 Å². The fourth-order valence-corrected chi connectivity index (χ4v) is 2.63. The Hall–Kier alpha value is -1.36. The molecule has 1 aromatic rings. The number of aromatic nitrogens is 2. The Morgan fingerprint density at radius 2 is 2.00 bits per heavy atom. The largest absolute Gasteiger partial charge is 0.367 e. The van der Waals surface area contributed by atoms with Crippen LogP contribution in [0.2, 0.25) is 0 Å². The number of hydrogen-bond donors (Lipinski definition) is 3. The van der Waals surface area contributed by atoms with Crippen LogP contribution in [0.15, 0.2) is 0 Å². The van der Waals surface area contributed by atoms with Crippen LogP contribution in [0.4, 0.5) is 11.6 Å². The molecule has 5 nitrogen and oxygen atoms in total. The number of nitrogens with one attached hydrogen (secondary N) is 2. The van der Waals surface area contributed by atoms with Gasteiger partial charge in [0, 0.05) is 17.5 Å². The fraction of sp³-hybridized carbons (Fsp3) is 0.714. The monoisotopic (exact) mass is 261 g/mol. The molecule has 0 aromatic carbocycles. The van der Waals surface area contributed by atoms with Gasteiger partial charge in [-0.3, -0.25) is 0 Å². The molecule has 5 heteroatoms. The lowest BCUT2D eigenvalue weighted by atomic mass is 10.2. The number of anilines is 2. The summed E-state index contributed by atoms with van der Waals surface area (Å²) in [5, 5.41) is 3.57. The average Bonchev–Trinajstić information content (AvgIpc) is 3.28. The van der Waals surface area contributed by atoms with Gasteiger partial charge in [-0.1, -0.05) is 13.3 Å². The first-order chi connectivity index (χ1) is 9.22. The maximum absolute atomic E-state index is 5.56. The summed E-state index contributed by atoms with van der Waals surface area (Å²) in [6, 6.07) is 0.589. The normalized spacial score (nSPS) is 25.2. The van der Waals surface area contributed by atoms with Crippen LogP contribution in [0, 0.1) is 12.8 Å². The van der Waals surface area contributed by atoms with Crippen molar-refractivity contribution in [2.75, 3.05) is 10.7 Å². The van der Waals surface area contributed by atoms with Gasteiger partial charge in [-0.2, -0.15) is 0 Å². The molecule has 1 aromatic heterocycles. The smallest absolute Gasteiger partial charge is 0.148 e. The van der Waals surface area contributed by atoms with Crippen molar-refractivity contribution >= 4 is 11.6 Å². The summed E-state index contributed by atoms with van der Waals surface area (Å²) < 4.78 is 0. The van der Waals surface area contributed by atoms with E-state index >= 15 is 0 Å². The third kappa shape index (κ3) is 2.66. The van der Waals surface area contributed by atoms with Gasteiger partial charge in [0.2, 0.25) is 0 Å². The van der Waals surface area contributed by atoms with E-state index in [0.29, 0.717) is 12.0 Å². The van der Waals surface area contributed by atoms with Crippen LogP contribution >= 0.6 is 0 Å². The van der Waals surface area contributed by atoms with E-state index in [-0.39, 0.29) is 0 Å². The summed E-state index contributed by atoms with van der Waals surface area (Å²) in [6.07, 6.45) is 6.23. The first-order valence-corrected chi connectivity index (χ1v) is 7.34. The van der Waals surface area contributed by atoms with Crippen molar-refractivity contribution in [3.8, 4) is 0 Å². The molecule has 2 aliphatic carbocycles. The van der Waals surface area contributed by atoms with E-state index in [1.807, 2.05) is 6.92 Å². The maximum Gasteiger partial charge on any atom is 0.148 e. The highest BCUT2D eigenvalue weighted by Gasteiger charge is 2.37. The molecular weight excluding hydrogens is 238 g/mol. The molecule has 2 fully saturated rings. The van der Waals surface area contributed by atoms with Crippen LogP contribution in [0.25, 0.3) is 0 Å². The average molecular weight is 261 g/mol. The van der Waals surface area contributed by atoms with Crippen molar-refractivity contribution in [1.82, 2.24) is 9.97 Å². The van der Waals surface area contributed by atoms with Crippen molar-refractivity contribution in [1.29, 1.82) is 0 Å². The quantitative estimate of drug-likeness (QED) is 0.542. The second-order valence-corrected chi connectivity index (χ2v) is 5.86. The Morgan fingerprint density at radius 3 is 2.63 bits per heavy atom. The van der Waals surface area contributed by atoms with E-state index in [1.165, 1.54) is 32.1 Å². The highest BCUT2D eigenvalue weighted by atomic mass is 15.3. The maximum atomic E-state index is 5.56. The number of nitrogen functional groups attached to an aromatic ring is 1. The van der Waals surface area contributed by atoms with Gasteiger partial charge in [-0.25, -0.2) is 15.8 Å². The molecule has 0 amide bonds. The van der Waals surface area contributed by atoms with Crippen LogP contribution in [-0.4, -0.2) is 16.0 Å². The van der Waals surface area contributed by atoms with Crippen molar-refractivity contribution in [2.24, 2.45) is 11.8 Å². The molecule has 3 rings (SSSR count). The predicted octanol–water partition coefficient (Wildman–Crippen LogP) is 2.55. The summed E-state index contributed by atoms with van der Waals surface area (Å²) in [5.74, 6) is 9.58. The van der Waals surface area contributed by atoms with E-state index in [1.54, 1.807) is 0 Å². The Balaban J connectivity index is 1.77. The molecule has 0 spiro atoms. The van der Waals surface area contributed by atoms with Gasteiger partial charge in [0.25, 0.3) is 0 Å². The summed E-state index contributed by atoms with van der Waals surface area (Å²) in [6.45, 7) is 4.26. The fourth-order valence-electron chi connectivity index (χ4n) is 2.63. The van der Waals surface area contributed by atoms with E-state index < -0.39 is 0 Å². The topological polar surface area (TPSA) is 75.9 Å². The molecule has 0 aliphatic heterocycles. The first kappa shape index (κ1) is 12.7. The van der Waals surface area contributed by atoms with Crippen LogP contribution in [0.1, 0.15) is 56.3 Å². The molecular formula is C14H23N5. The lowest BCUT2D eigenvalue weighted by Gasteiger charge is -2.13. The Bertz CT molecular complexity index is 469. The van der Waals surface area contributed by atoms with Gasteiger partial charge in [0.1, 0.15) is 17.5 Å². The molecule has 2 unspecified atom stereocenters. The molecule has 1 heterocycles. The second-order valence-electron chi connectivity index (χ2n) is 5.86. The summed E-state index contributed by atoms with van der Waals surface area (Å²) >= 11 is 0. The lowest BCUT2D eigenvalue weighted by Crippen LogP contribution is -2.16. The van der Waals surface area contributed by atoms with E-state index in [0.717, 1.165) is 28.9 Å². The van der Waals surface area contributed by atoms with Crippen molar-refractivity contribution < 1.29 is 0 Å². The molecule has 0 bridgehead atoms. The number of nitrogens with two attached hydrogens (primary N) is 1. The highest BCUT2D eigenvalue weighted by molar-refractivity contribution is 5.58. The number of hydrogen-bond acceptors (Lipinski definition) is 5. The standard InChI is InChI=1S/C14H23N5/c1-3-4-10-7-11(10)16-12-8(2)13(19-15)18-14(17-12)9-5-6-9/h9-11H,3-7,15H2,1-2H3,(H2,16,17,18,19). The SMILES string of the molecule is CCCC1CC1Nc1nc(C2CC2)nc(NN)c1C. The van der Waals surface area contributed by atoms with Crippen LogP contribution < -0.4 is 16.6 Å². The molecule has 104 valence electrons. The molecule has 4 N–H and O–H groups in total. The van der Waals surface area contributed by atoms with Gasteiger partial charge in [-0.05, 0) is 38.5 Å². The molecule has 0 saturated heterocycles. The Kier molecular flexibility index (Phi) is 3.31. The number of hydrazine groups is 1. The summed E-state index contributed by atoms with van der Waals surface area (Å²) in [7, 11) is 0. The predicted molar refractivity (Wildman–Crippen MR) is 77.0 cm³/mol. The van der Waals surface area contributed by atoms with E-state index in [9.17, 15) is 0 Å². The minimum absolute atomic E-state index is 0.541. The summed E-state index contributed by atoms with van der Waals surface area (Å²) in [5.41, 5.74) is 3.72. The van der Waals surface area contributed by atoms with Gasteiger partial charge in [0.15, 0.2) is 0 Å². The highest BCUT2D eigenvalue weighted by Crippen LogP contribution is 2.41. The number of rotatable bonds is 6. The van der Waals surface area contributed by atoms with Gasteiger partial charge in [-0.15, -0.1) is 0 Å².